The molecule has 0 saturated heterocycles. The average molecular weight is 230 g/mol. The first kappa shape index (κ1) is 10.6. The number of nitrogens with one attached hydrogen (secondary N) is 1. The van der Waals surface area contributed by atoms with Crippen molar-refractivity contribution in [2.24, 2.45) is 0 Å². The van der Waals surface area contributed by atoms with Crippen molar-refractivity contribution in [1.82, 2.24) is 9.97 Å². The smallest absolute Gasteiger partial charge is 0.158 e. The summed E-state index contributed by atoms with van der Waals surface area (Å²) in [4.78, 5) is 10.6. The van der Waals surface area contributed by atoms with E-state index in [1.165, 1.54) is 16.0 Å². The highest BCUT2D eigenvalue weighted by molar-refractivity contribution is 7.11. The molecule has 4 nitrogen and oxygen atoms in total. The monoisotopic (exact) mass is 230 g/mol. The van der Waals surface area contributed by atoms with Crippen molar-refractivity contribution in [3.63, 3.8) is 0 Å². The van der Waals surface area contributed by atoms with Gasteiger partial charge in [-0.3, -0.25) is 0 Å². The first-order chi connectivity index (χ1) is 7.78. The van der Waals surface area contributed by atoms with Crippen LogP contribution in [0.2, 0.25) is 0 Å². The van der Waals surface area contributed by atoms with Gasteiger partial charge < -0.3 is 5.32 Å². The topological polar surface area (TPSA) is 61.6 Å². The van der Waals surface area contributed by atoms with E-state index in [1.54, 1.807) is 17.5 Å². The first-order valence-electron chi connectivity index (χ1n) is 4.79. The zero-order valence-electron chi connectivity index (χ0n) is 8.77. The van der Waals surface area contributed by atoms with E-state index in [-0.39, 0.29) is 0 Å². The molecule has 0 spiro atoms. The molecular weight excluding hydrogens is 220 g/mol. The van der Waals surface area contributed by atoms with Gasteiger partial charge in [-0.2, -0.15) is 5.26 Å². The second kappa shape index (κ2) is 4.73. The highest BCUT2D eigenvalue weighted by atomic mass is 32.1. The highest BCUT2D eigenvalue weighted by Crippen LogP contribution is 2.15. The van der Waals surface area contributed by atoms with Crippen LogP contribution < -0.4 is 5.32 Å². The maximum absolute atomic E-state index is 8.57. The Labute approximate surface area is 97.6 Å². The number of aryl methyl sites for hydroxylation is 1. The minimum atomic E-state index is 0.331. The second-order valence-electron chi connectivity index (χ2n) is 3.26. The third kappa shape index (κ3) is 2.55. The van der Waals surface area contributed by atoms with Gasteiger partial charge >= 0.3 is 0 Å². The van der Waals surface area contributed by atoms with Gasteiger partial charge in [0.05, 0.1) is 18.9 Å². The lowest BCUT2D eigenvalue weighted by Gasteiger charge is -2.02. The van der Waals surface area contributed by atoms with Crippen LogP contribution in [0, 0.1) is 18.3 Å². The van der Waals surface area contributed by atoms with Crippen molar-refractivity contribution < 1.29 is 0 Å². The van der Waals surface area contributed by atoms with Gasteiger partial charge in [0.1, 0.15) is 11.9 Å². The molecule has 0 aliphatic rings. The van der Waals surface area contributed by atoms with Gasteiger partial charge in [0.15, 0.2) is 5.69 Å². The first-order valence-corrected chi connectivity index (χ1v) is 5.61. The van der Waals surface area contributed by atoms with E-state index in [0.29, 0.717) is 11.5 Å². The van der Waals surface area contributed by atoms with E-state index < -0.39 is 0 Å². The number of hydrogen-bond donors (Lipinski definition) is 1. The van der Waals surface area contributed by atoms with Crippen LogP contribution in [0.3, 0.4) is 0 Å². The van der Waals surface area contributed by atoms with Crippen molar-refractivity contribution >= 4 is 17.2 Å². The maximum atomic E-state index is 8.57. The van der Waals surface area contributed by atoms with Crippen molar-refractivity contribution in [2.75, 3.05) is 5.32 Å². The predicted octanol–water partition coefficient (Wildman–Crippen LogP) is 2.33. The lowest BCUT2D eigenvalue weighted by Crippen LogP contribution is -2.00. The molecule has 0 aliphatic carbocycles. The second-order valence-corrected chi connectivity index (χ2v) is 4.64. The largest absolute Gasteiger partial charge is 0.364 e. The molecule has 2 rings (SSSR count). The van der Waals surface area contributed by atoms with Crippen LogP contribution >= 0.6 is 11.3 Å². The van der Waals surface area contributed by atoms with Gasteiger partial charge in [0.2, 0.25) is 0 Å². The molecule has 5 heteroatoms. The van der Waals surface area contributed by atoms with Gasteiger partial charge in [-0.15, -0.1) is 11.3 Å². The molecule has 16 heavy (non-hydrogen) atoms. The Morgan fingerprint density at radius 3 is 2.81 bits per heavy atom. The number of nitriles is 1. The molecule has 2 aromatic heterocycles. The van der Waals surface area contributed by atoms with Crippen LogP contribution in [0.1, 0.15) is 15.4 Å². The quantitative estimate of drug-likeness (QED) is 0.879. The Morgan fingerprint density at radius 1 is 1.38 bits per heavy atom. The number of rotatable bonds is 3. The summed E-state index contributed by atoms with van der Waals surface area (Å²) in [7, 11) is 0. The average Bonchev–Trinajstić information content (AvgIpc) is 2.73. The molecule has 2 heterocycles. The van der Waals surface area contributed by atoms with Gasteiger partial charge in [-0.25, -0.2) is 9.97 Å². The number of nitrogens with zero attached hydrogens (tertiary/aromatic N) is 3. The Bertz CT molecular complexity index is 510. The van der Waals surface area contributed by atoms with Crippen molar-refractivity contribution in [3.05, 3.63) is 40.0 Å². The lowest BCUT2D eigenvalue weighted by molar-refractivity contribution is 1.09. The molecule has 2 aromatic rings. The normalized spacial score (nSPS) is 9.75. The van der Waals surface area contributed by atoms with Crippen LogP contribution in [0.25, 0.3) is 0 Å². The number of hydrogen-bond acceptors (Lipinski definition) is 5. The third-order valence-corrected chi connectivity index (χ3v) is 3.01. The lowest BCUT2D eigenvalue weighted by atomic mass is 10.4. The minimum Gasteiger partial charge on any atom is -0.364 e. The summed E-state index contributed by atoms with van der Waals surface area (Å²) >= 11 is 1.75. The van der Waals surface area contributed by atoms with E-state index in [4.69, 9.17) is 5.26 Å². The Hall–Kier alpha value is -1.93. The summed E-state index contributed by atoms with van der Waals surface area (Å²) in [5.74, 6) is 0.685. The summed E-state index contributed by atoms with van der Waals surface area (Å²) < 4.78 is 0. The van der Waals surface area contributed by atoms with Gasteiger partial charge in [0, 0.05) is 9.75 Å². The van der Waals surface area contributed by atoms with Gasteiger partial charge in [-0.05, 0) is 19.1 Å². The molecule has 0 unspecified atom stereocenters. The summed E-state index contributed by atoms with van der Waals surface area (Å²) in [6.07, 6.45) is 3.03. The molecule has 1 N–H and O–H groups in total. The summed E-state index contributed by atoms with van der Waals surface area (Å²) in [6.45, 7) is 2.81. The van der Waals surface area contributed by atoms with Gasteiger partial charge in [0.25, 0.3) is 0 Å². The third-order valence-electron chi connectivity index (χ3n) is 2.01. The fourth-order valence-electron chi connectivity index (χ4n) is 1.23. The summed E-state index contributed by atoms with van der Waals surface area (Å²) in [5.41, 5.74) is 0.331. The Balaban J connectivity index is 1.97. The van der Waals surface area contributed by atoms with Crippen molar-refractivity contribution in [2.45, 2.75) is 13.5 Å². The van der Waals surface area contributed by atoms with E-state index in [9.17, 15) is 0 Å². The summed E-state index contributed by atoms with van der Waals surface area (Å²) in [5, 5.41) is 11.7. The molecule has 0 aromatic carbocycles. The number of anilines is 1. The van der Waals surface area contributed by atoms with Crippen molar-refractivity contribution in [1.29, 1.82) is 5.26 Å². The van der Waals surface area contributed by atoms with E-state index in [0.717, 1.165) is 6.54 Å². The highest BCUT2D eigenvalue weighted by Gasteiger charge is 1.98. The zero-order chi connectivity index (χ0) is 11.4. The Kier molecular flexibility index (Phi) is 3.13. The molecule has 0 saturated carbocycles. The predicted molar refractivity (Wildman–Crippen MR) is 63.1 cm³/mol. The van der Waals surface area contributed by atoms with Crippen LogP contribution in [0.4, 0.5) is 5.82 Å². The molecule has 80 valence electrons. The molecule has 0 amide bonds. The van der Waals surface area contributed by atoms with Crippen LogP contribution in [-0.2, 0) is 6.54 Å². The molecule has 0 radical (unpaired) electrons. The van der Waals surface area contributed by atoms with Gasteiger partial charge in [-0.1, -0.05) is 0 Å². The number of aromatic nitrogens is 2. The summed E-state index contributed by atoms with van der Waals surface area (Å²) in [6, 6.07) is 6.11. The molecule has 0 fully saturated rings. The zero-order valence-corrected chi connectivity index (χ0v) is 9.58. The molecule has 0 aliphatic heterocycles. The fraction of sp³-hybridized carbons (Fsp3) is 0.182. The maximum Gasteiger partial charge on any atom is 0.158 e. The minimum absolute atomic E-state index is 0.331. The van der Waals surface area contributed by atoms with Crippen LogP contribution in [-0.4, -0.2) is 9.97 Å². The van der Waals surface area contributed by atoms with E-state index >= 15 is 0 Å². The van der Waals surface area contributed by atoms with E-state index in [1.807, 2.05) is 6.07 Å². The van der Waals surface area contributed by atoms with Crippen LogP contribution in [0.5, 0.6) is 0 Å². The fourth-order valence-corrected chi connectivity index (χ4v) is 2.06. The van der Waals surface area contributed by atoms with Crippen molar-refractivity contribution in [3.8, 4) is 6.07 Å². The van der Waals surface area contributed by atoms with E-state index in [2.05, 4.69) is 34.3 Å². The Morgan fingerprint density at radius 2 is 2.25 bits per heavy atom. The number of thiophene rings is 1. The SMILES string of the molecule is Cc1ccc(CNc2cnc(C#N)cn2)s1. The molecular formula is C11H10N4S. The standard InChI is InChI=1S/C11H10N4S/c1-8-2-3-10(16-8)6-15-11-7-13-9(4-12)5-14-11/h2-3,5,7H,6H2,1H3,(H,14,15). The van der Waals surface area contributed by atoms with Crippen LogP contribution in [0.15, 0.2) is 24.5 Å². The molecule has 0 bridgehead atoms. The molecule has 0 atom stereocenters.